The van der Waals surface area contributed by atoms with Crippen LogP contribution in [0.5, 0.6) is 0 Å². The van der Waals surface area contributed by atoms with E-state index < -0.39 is 73.6 Å². The highest BCUT2D eigenvalue weighted by molar-refractivity contribution is 5.89. The maximum Gasteiger partial charge on any atom is 0.337 e. The van der Waals surface area contributed by atoms with Crippen molar-refractivity contribution in [2.75, 3.05) is 20.3 Å². The number of aliphatic hydroxyl groups excluding tert-OH is 5. The summed E-state index contributed by atoms with van der Waals surface area (Å²) in [6.07, 6.45) is -4.99. The second-order valence-electron chi connectivity index (χ2n) is 6.96. The molecule has 6 N–H and O–H groups in total. The van der Waals surface area contributed by atoms with E-state index >= 15 is 0 Å². The molecule has 0 aromatic carbocycles. The van der Waals surface area contributed by atoms with Gasteiger partial charge in [0.2, 0.25) is 6.29 Å². The van der Waals surface area contributed by atoms with Crippen LogP contribution in [-0.2, 0) is 23.7 Å². The highest BCUT2D eigenvalue weighted by Crippen LogP contribution is 2.45. The summed E-state index contributed by atoms with van der Waals surface area (Å²) in [6.45, 7) is -1.34. The lowest BCUT2D eigenvalue weighted by atomic mass is 9.79. The molecule has 1 aliphatic carbocycles. The number of carbonyl (C=O) groups excluding carboxylic acids is 1. The Hall–Kier alpha value is -1.57. The van der Waals surface area contributed by atoms with Gasteiger partial charge in [0.25, 0.3) is 0 Å². The van der Waals surface area contributed by atoms with E-state index in [1.165, 1.54) is 19.3 Å². The van der Waals surface area contributed by atoms with E-state index in [0.29, 0.717) is 0 Å². The highest BCUT2D eigenvalue weighted by Gasteiger charge is 2.55. The first-order valence-corrected chi connectivity index (χ1v) is 8.69. The molecular formula is C17H24O11. The van der Waals surface area contributed by atoms with Crippen LogP contribution in [0.3, 0.4) is 0 Å². The molecular weight excluding hydrogens is 380 g/mol. The zero-order chi connectivity index (χ0) is 20.6. The summed E-state index contributed by atoms with van der Waals surface area (Å²) in [5, 5.41) is 59.5. The van der Waals surface area contributed by atoms with E-state index in [2.05, 4.69) is 0 Å². The summed E-state index contributed by atoms with van der Waals surface area (Å²) in [5.74, 6) is -2.40. The molecule has 3 aliphatic rings. The zero-order valence-corrected chi connectivity index (χ0v) is 15.0. The molecule has 0 aromatic rings. The predicted molar refractivity (Wildman–Crippen MR) is 88.0 cm³/mol. The average Bonchev–Trinajstić information content (AvgIpc) is 3.06. The minimum Gasteiger partial charge on any atom is -0.471 e. The Labute approximate surface area is 160 Å². The monoisotopic (exact) mass is 404 g/mol. The van der Waals surface area contributed by atoms with Crippen molar-refractivity contribution in [3.8, 4) is 0 Å². The van der Waals surface area contributed by atoms with E-state index in [-0.39, 0.29) is 5.57 Å². The molecule has 11 heteroatoms. The van der Waals surface area contributed by atoms with Crippen LogP contribution in [0.4, 0.5) is 0 Å². The number of methoxy groups -OCH3 is 1. The smallest absolute Gasteiger partial charge is 0.337 e. The maximum atomic E-state index is 12.0. The lowest BCUT2D eigenvalue weighted by Gasteiger charge is -2.44. The molecule has 0 saturated carbocycles. The summed E-state index contributed by atoms with van der Waals surface area (Å²) in [7, 11) is 1.19. The Bertz CT molecular complexity index is 647. The lowest BCUT2D eigenvalue weighted by Crippen LogP contribution is -2.61. The number of ether oxygens (including phenoxy) is 4. The van der Waals surface area contributed by atoms with Gasteiger partial charge in [-0.15, -0.1) is 0 Å². The molecule has 0 aromatic heterocycles. The molecule has 2 heterocycles. The number of esters is 1. The first-order chi connectivity index (χ1) is 13.3. The Morgan fingerprint density at radius 1 is 1.18 bits per heavy atom. The number of hydrogen-bond acceptors (Lipinski definition) is 11. The summed E-state index contributed by atoms with van der Waals surface area (Å²) in [6, 6.07) is 0. The molecule has 1 unspecified atom stereocenters. The average molecular weight is 404 g/mol. The minimum atomic E-state index is -1.79. The van der Waals surface area contributed by atoms with E-state index in [1.54, 1.807) is 0 Å². The maximum absolute atomic E-state index is 12.0. The van der Waals surface area contributed by atoms with Gasteiger partial charge in [-0.25, -0.2) is 4.79 Å². The molecule has 0 radical (unpaired) electrons. The van der Waals surface area contributed by atoms with Gasteiger partial charge < -0.3 is 49.6 Å². The van der Waals surface area contributed by atoms with Crippen LogP contribution in [0.15, 0.2) is 24.0 Å². The molecule has 11 nitrogen and oxygen atoms in total. The van der Waals surface area contributed by atoms with Gasteiger partial charge in [-0.1, -0.05) is 12.2 Å². The Morgan fingerprint density at radius 2 is 1.89 bits per heavy atom. The van der Waals surface area contributed by atoms with Crippen LogP contribution in [0, 0.1) is 11.8 Å². The number of fused-ring (bicyclic) bond motifs is 1. The molecule has 1 saturated heterocycles. The summed E-state index contributed by atoms with van der Waals surface area (Å²) >= 11 is 0. The molecule has 0 amide bonds. The number of carbonyl (C=O) groups is 1. The normalized spacial score (nSPS) is 45.2. The van der Waals surface area contributed by atoms with Gasteiger partial charge in [-0.2, -0.15) is 0 Å². The first kappa shape index (κ1) is 21.1. The van der Waals surface area contributed by atoms with E-state index in [9.17, 15) is 35.4 Å². The first-order valence-electron chi connectivity index (χ1n) is 8.69. The number of aliphatic hydroxyl groups is 6. The van der Waals surface area contributed by atoms with Gasteiger partial charge in [-0.3, -0.25) is 0 Å². The van der Waals surface area contributed by atoms with Crippen molar-refractivity contribution in [1.82, 2.24) is 0 Å². The largest absolute Gasteiger partial charge is 0.471 e. The van der Waals surface area contributed by atoms with Crippen molar-refractivity contribution in [3.05, 3.63) is 24.0 Å². The van der Waals surface area contributed by atoms with Gasteiger partial charge >= 0.3 is 5.97 Å². The van der Waals surface area contributed by atoms with Crippen LogP contribution in [0.1, 0.15) is 0 Å². The second-order valence-corrected chi connectivity index (χ2v) is 6.96. The summed E-state index contributed by atoms with van der Waals surface area (Å²) < 4.78 is 21.0. The molecule has 1 fully saturated rings. The quantitative estimate of drug-likeness (QED) is 0.200. The number of hydrogen-bond donors (Lipinski definition) is 6. The SMILES string of the molecule is COC(=O)C1=COC(O[C@@H]2O[C@H](CO)[C@@H](O)[C@@H](O)[C@H]2O)[C@H]2[C@@H]1C=C[C@]2(O)CO. The third-order valence-corrected chi connectivity index (χ3v) is 5.33. The van der Waals surface area contributed by atoms with Gasteiger partial charge in [-0.05, 0) is 0 Å². The van der Waals surface area contributed by atoms with Crippen LogP contribution in [0.2, 0.25) is 0 Å². The Morgan fingerprint density at radius 3 is 2.50 bits per heavy atom. The number of allylic oxidation sites excluding steroid dienone is 1. The van der Waals surface area contributed by atoms with Crippen LogP contribution >= 0.6 is 0 Å². The van der Waals surface area contributed by atoms with Gasteiger partial charge in [0.05, 0.1) is 38.1 Å². The third kappa shape index (κ3) is 3.44. The van der Waals surface area contributed by atoms with Crippen molar-refractivity contribution >= 4 is 5.97 Å². The van der Waals surface area contributed by atoms with Crippen molar-refractivity contribution in [2.24, 2.45) is 11.8 Å². The molecule has 9 atom stereocenters. The fraction of sp³-hybridized carbons (Fsp3) is 0.706. The zero-order valence-electron chi connectivity index (χ0n) is 15.0. The fourth-order valence-electron chi connectivity index (χ4n) is 3.71. The Kier molecular flexibility index (Phi) is 6.08. The van der Waals surface area contributed by atoms with Crippen LogP contribution < -0.4 is 0 Å². The topological polar surface area (TPSA) is 175 Å². The molecule has 2 aliphatic heterocycles. The standard InChI is InChI=1S/C17H24O11/c1-25-14(23)8-5-26-15(10-7(8)2-3-17(10,24)6-19)28-16-13(22)12(21)11(20)9(4-18)27-16/h2-3,5,7,9-13,15-16,18-22,24H,4,6H2,1H3/t7-,9-,10-,11-,12-,13-,15?,16+,17+/m1/s1. The van der Waals surface area contributed by atoms with E-state index in [4.69, 9.17) is 18.9 Å². The van der Waals surface area contributed by atoms with Crippen LogP contribution in [0.25, 0.3) is 0 Å². The summed E-state index contributed by atoms with van der Waals surface area (Å²) in [4.78, 5) is 12.0. The predicted octanol–water partition coefficient (Wildman–Crippen LogP) is -3.26. The highest BCUT2D eigenvalue weighted by atomic mass is 16.8. The van der Waals surface area contributed by atoms with E-state index in [0.717, 1.165) is 6.26 Å². The fourth-order valence-corrected chi connectivity index (χ4v) is 3.71. The van der Waals surface area contributed by atoms with Crippen LogP contribution in [-0.4, -0.2) is 99.5 Å². The molecule has 158 valence electrons. The van der Waals surface area contributed by atoms with Crippen molar-refractivity contribution in [3.63, 3.8) is 0 Å². The van der Waals surface area contributed by atoms with E-state index in [1.807, 2.05) is 0 Å². The Balaban J connectivity index is 1.85. The second kappa shape index (κ2) is 8.05. The van der Waals surface area contributed by atoms with Crippen molar-refractivity contribution in [2.45, 2.75) is 42.6 Å². The van der Waals surface area contributed by atoms with Gasteiger partial charge in [0, 0.05) is 5.92 Å². The third-order valence-electron chi connectivity index (χ3n) is 5.33. The van der Waals surface area contributed by atoms with Gasteiger partial charge in [0.1, 0.15) is 30.0 Å². The molecule has 0 spiro atoms. The number of rotatable bonds is 5. The summed E-state index contributed by atoms with van der Waals surface area (Å²) in [5.41, 5.74) is -1.70. The molecule has 0 bridgehead atoms. The molecule has 3 rings (SSSR count). The minimum absolute atomic E-state index is 0.0989. The van der Waals surface area contributed by atoms with Crippen molar-refractivity contribution < 1.29 is 54.4 Å². The van der Waals surface area contributed by atoms with Gasteiger partial charge in [0.15, 0.2) is 6.29 Å². The lowest BCUT2D eigenvalue weighted by molar-refractivity contribution is -0.346. The molecule has 28 heavy (non-hydrogen) atoms. The van der Waals surface area contributed by atoms with Crippen molar-refractivity contribution in [1.29, 1.82) is 0 Å².